The predicted molar refractivity (Wildman–Crippen MR) is 251 cm³/mol. The minimum Gasteiger partial charge on any atom is -0.492 e. The highest BCUT2D eigenvalue weighted by atomic mass is 35.5. The van der Waals surface area contributed by atoms with Crippen molar-refractivity contribution < 1.29 is 38.2 Å². The van der Waals surface area contributed by atoms with Crippen molar-refractivity contribution in [1.82, 2.24) is 30.4 Å². The summed E-state index contributed by atoms with van der Waals surface area (Å²) < 4.78 is 18.0. The zero-order valence-corrected chi connectivity index (χ0v) is 38.8. The Morgan fingerprint density at radius 1 is 0.846 bits per heavy atom. The number of rotatable bonds is 17. The Hall–Kier alpha value is -6.10. The lowest BCUT2D eigenvalue weighted by Gasteiger charge is -2.26. The van der Waals surface area contributed by atoms with Crippen LogP contribution in [-0.2, 0) is 25.7 Å². The number of halogens is 1. The number of nitrogens with one attached hydrogen (secondary N) is 5. The monoisotopic (exact) mass is 910 g/mol. The average molecular weight is 912 g/mol. The molecule has 65 heavy (non-hydrogen) atoms. The topological polar surface area (TPSA) is 190 Å². The molecule has 5 aromatic rings. The van der Waals surface area contributed by atoms with E-state index in [9.17, 15) is 24.0 Å². The predicted octanol–water partition coefficient (Wildman–Crippen LogP) is 5.86. The maximum atomic E-state index is 14.5. The van der Waals surface area contributed by atoms with Crippen LogP contribution in [0.5, 0.6) is 11.5 Å². The van der Waals surface area contributed by atoms with Gasteiger partial charge in [0.15, 0.2) is 0 Å². The Kier molecular flexibility index (Phi) is 14.7. The molecule has 5 N–H and O–H groups in total. The molecule has 1 fully saturated rings. The van der Waals surface area contributed by atoms with E-state index in [1.54, 1.807) is 42.7 Å². The van der Waals surface area contributed by atoms with Crippen molar-refractivity contribution in [2.45, 2.75) is 59.2 Å². The smallest absolute Gasteiger partial charge is 0.274 e. The normalized spacial score (nSPS) is 16.0. The average Bonchev–Trinajstić information content (AvgIpc) is 4.03. The van der Waals surface area contributed by atoms with E-state index in [0.29, 0.717) is 79.2 Å². The molecule has 17 heteroatoms. The van der Waals surface area contributed by atoms with E-state index in [2.05, 4.69) is 25.9 Å². The SMILES string of the molecule is CC(C)C(=O)NC(C(=O)N[C@H](C)C(=O)Nc1ccc(COc2cc3c(c4cc(C(=O)N5CCOCC5)[nH]c24)[C@H](CCl)CN3C(=O)c2cc3cc(OCCN(C)C)ccc3[nH]2)cc1)C(C)C. The molecular weight excluding hydrogens is 852 g/mol. The van der Waals surface area contributed by atoms with Gasteiger partial charge in [0.25, 0.3) is 11.8 Å². The minimum atomic E-state index is -0.878. The Balaban J connectivity index is 1.11. The number of nitrogens with zero attached hydrogens (tertiary/aromatic N) is 3. The number of aromatic nitrogens is 2. The van der Waals surface area contributed by atoms with Crippen LogP contribution in [0.1, 0.15) is 72.6 Å². The summed E-state index contributed by atoms with van der Waals surface area (Å²) >= 11 is 6.65. The van der Waals surface area contributed by atoms with Gasteiger partial charge in [0.05, 0.1) is 24.4 Å². The minimum absolute atomic E-state index is 0.118. The van der Waals surface area contributed by atoms with Crippen LogP contribution in [0, 0.1) is 11.8 Å². The molecule has 1 unspecified atom stereocenters. The third kappa shape index (κ3) is 10.7. The van der Waals surface area contributed by atoms with Crippen LogP contribution in [0.4, 0.5) is 11.4 Å². The molecule has 346 valence electrons. The molecule has 3 atom stereocenters. The second-order valence-electron chi connectivity index (χ2n) is 17.6. The van der Waals surface area contributed by atoms with Gasteiger partial charge in [-0.15, -0.1) is 11.6 Å². The number of likely N-dealkylation sites (N-methyl/N-ethyl adjacent to an activating group) is 1. The van der Waals surface area contributed by atoms with Gasteiger partial charge in [-0.25, -0.2) is 0 Å². The number of hydrogen-bond donors (Lipinski definition) is 5. The highest BCUT2D eigenvalue weighted by Gasteiger charge is 2.37. The maximum absolute atomic E-state index is 14.5. The number of benzene rings is 3. The molecule has 3 aromatic carbocycles. The molecule has 7 rings (SSSR count). The number of aromatic amines is 2. The first-order chi connectivity index (χ1) is 31.1. The number of hydrogen-bond acceptors (Lipinski definition) is 9. The lowest BCUT2D eigenvalue weighted by molar-refractivity contribution is -0.132. The van der Waals surface area contributed by atoms with E-state index in [4.69, 9.17) is 25.8 Å². The Bertz CT molecular complexity index is 2550. The van der Waals surface area contributed by atoms with Crippen molar-refractivity contribution >= 4 is 74.3 Å². The molecule has 2 aliphatic rings. The van der Waals surface area contributed by atoms with Gasteiger partial charge in [-0.3, -0.25) is 24.0 Å². The second kappa shape index (κ2) is 20.4. The largest absolute Gasteiger partial charge is 0.492 e. The Morgan fingerprint density at radius 2 is 1.57 bits per heavy atom. The van der Waals surface area contributed by atoms with Crippen LogP contribution < -0.4 is 30.3 Å². The van der Waals surface area contributed by atoms with Crippen LogP contribution in [0.15, 0.2) is 60.7 Å². The van der Waals surface area contributed by atoms with Gasteiger partial charge in [0, 0.05) is 71.9 Å². The summed E-state index contributed by atoms with van der Waals surface area (Å²) in [6, 6.07) is 16.6. The fourth-order valence-electron chi connectivity index (χ4n) is 7.95. The van der Waals surface area contributed by atoms with Crippen molar-refractivity contribution in [1.29, 1.82) is 0 Å². The van der Waals surface area contributed by atoms with E-state index in [1.165, 1.54) is 0 Å². The quantitative estimate of drug-likeness (QED) is 0.0712. The molecule has 0 bridgehead atoms. The summed E-state index contributed by atoms with van der Waals surface area (Å²) in [7, 11) is 3.98. The summed E-state index contributed by atoms with van der Waals surface area (Å²) in [6.07, 6.45) is 0. The Labute approximate surface area is 383 Å². The zero-order chi connectivity index (χ0) is 46.5. The number of morpholine rings is 1. The summed E-state index contributed by atoms with van der Waals surface area (Å²) in [5.41, 5.74) is 4.99. The van der Waals surface area contributed by atoms with E-state index in [-0.39, 0.29) is 48.0 Å². The number of alkyl halides is 1. The molecule has 0 aliphatic carbocycles. The fourth-order valence-corrected chi connectivity index (χ4v) is 8.20. The molecule has 0 radical (unpaired) electrons. The van der Waals surface area contributed by atoms with Crippen molar-refractivity contribution in [3.05, 3.63) is 83.2 Å². The highest BCUT2D eigenvalue weighted by molar-refractivity contribution is 6.19. The summed E-state index contributed by atoms with van der Waals surface area (Å²) in [6.45, 7) is 12.3. The highest BCUT2D eigenvalue weighted by Crippen LogP contribution is 2.46. The number of amides is 5. The first kappa shape index (κ1) is 46.9. The maximum Gasteiger partial charge on any atom is 0.274 e. The van der Waals surface area contributed by atoms with Crippen LogP contribution in [0.3, 0.4) is 0 Å². The third-order valence-corrected chi connectivity index (χ3v) is 12.1. The number of carbonyl (C=O) groups excluding carboxylic acids is 5. The van der Waals surface area contributed by atoms with Crippen molar-refractivity contribution in [2.75, 3.05) is 76.2 Å². The zero-order valence-electron chi connectivity index (χ0n) is 38.0. The number of ether oxygens (including phenoxy) is 3. The molecule has 1 saturated heterocycles. The lowest BCUT2D eigenvalue weighted by atomic mass is 9.98. The number of H-pyrrole nitrogens is 2. The number of anilines is 2. The van der Waals surface area contributed by atoms with E-state index in [0.717, 1.165) is 34.0 Å². The summed E-state index contributed by atoms with van der Waals surface area (Å²) in [4.78, 5) is 78.9. The third-order valence-electron chi connectivity index (χ3n) is 11.7. The molecule has 0 saturated carbocycles. The molecule has 0 spiro atoms. The van der Waals surface area contributed by atoms with Gasteiger partial charge in [-0.1, -0.05) is 39.8 Å². The van der Waals surface area contributed by atoms with E-state index in [1.807, 2.05) is 81.4 Å². The van der Waals surface area contributed by atoms with Crippen LogP contribution in [0.2, 0.25) is 0 Å². The first-order valence-corrected chi connectivity index (χ1v) is 22.6. The van der Waals surface area contributed by atoms with Crippen molar-refractivity contribution in [2.24, 2.45) is 11.8 Å². The van der Waals surface area contributed by atoms with Gasteiger partial charge in [-0.05, 0) is 80.5 Å². The Morgan fingerprint density at radius 3 is 2.25 bits per heavy atom. The number of fused-ring (bicyclic) bond motifs is 4. The van der Waals surface area contributed by atoms with Crippen LogP contribution >= 0.6 is 11.6 Å². The second-order valence-corrected chi connectivity index (χ2v) is 17.9. The molecular formula is C48H59ClN8O8. The van der Waals surface area contributed by atoms with E-state index >= 15 is 0 Å². The van der Waals surface area contributed by atoms with Gasteiger partial charge in [0.2, 0.25) is 17.7 Å². The van der Waals surface area contributed by atoms with Gasteiger partial charge in [0.1, 0.15) is 48.2 Å². The van der Waals surface area contributed by atoms with E-state index < -0.39 is 23.9 Å². The summed E-state index contributed by atoms with van der Waals surface area (Å²) in [5.74, 6) is -0.813. The first-order valence-electron chi connectivity index (χ1n) is 22.1. The molecule has 16 nitrogen and oxygen atoms in total. The standard InChI is InChI=1S/C48H59ClN8O8/c1-27(2)42(54-44(58)28(3)4)46(60)50-29(5)45(59)51-33-10-8-30(9-11-33)26-65-40-23-39-41(35-22-38(53-43(35)40)47(61)56-15-17-63-18-16-56)32(24-49)25-57(39)48(62)37-21-31-20-34(12-13-36(31)52-37)64-19-14-55(6)7/h8-13,20-23,27-29,32,42,52-53H,14-19,24-26H2,1-7H3,(H,50,60)(H,51,59)(H,54,58)/t29-,32-,42?/m1/s1. The fraction of sp³-hybridized carbons (Fsp3) is 0.438. The number of carbonyl (C=O) groups is 5. The lowest BCUT2D eigenvalue weighted by Crippen LogP contribution is -2.54. The van der Waals surface area contributed by atoms with Gasteiger partial charge < -0.3 is 54.8 Å². The van der Waals surface area contributed by atoms with Crippen molar-refractivity contribution in [3.63, 3.8) is 0 Å². The summed E-state index contributed by atoms with van der Waals surface area (Å²) in [5, 5.41) is 9.91. The van der Waals surface area contributed by atoms with Crippen LogP contribution in [0.25, 0.3) is 21.8 Å². The van der Waals surface area contributed by atoms with Gasteiger partial charge >= 0.3 is 0 Å². The van der Waals surface area contributed by atoms with Crippen molar-refractivity contribution in [3.8, 4) is 11.5 Å². The molecule has 2 aromatic heterocycles. The van der Waals surface area contributed by atoms with Gasteiger partial charge in [-0.2, -0.15) is 0 Å². The molecule has 2 aliphatic heterocycles. The molecule has 5 amide bonds. The molecule has 4 heterocycles. The van der Waals surface area contributed by atoms with Crippen LogP contribution in [-0.4, -0.2) is 127 Å².